The molecule has 2 aromatic carbocycles. The number of Topliss-reactive ketones (excluding diaryl/α,β-unsaturated/α-hetero) is 1. The minimum atomic E-state index is -0.297. The van der Waals surface area contributed by atoms with Gasteiger partial charge in [0.2, 0.25) is 0 Å². The van der Waals surface area contributed by atoms with Crippen LogP contribution in [0.3, 0.4) is 0 Å². The van der Waals surface area contributed by atoms with Crippen LogP contribution < -0.4 is 14.8 Å². The molecule has 2 aromatic rings. The zero-order valence-electron chi connectivity index (χ0n) is 17.7. The summed E-state index contributed by atoms with van der Waals surface area (Å²) in [6, 6.07) is 11.8. The highest BCUT2D eigenvalue weighted by molar-refractivity contribution is 6.10. The van der Waals surface area contributed by atoms with Crippen LogP contribution in [0.5, 0.6) is 11.5 Å². The van der Waals surface area contributed by atoms with Gasteiger partial charge in [0.05, 0.1) is 37.6 Å². The Morgan fingerprint density at radius 2 is 1.79 bits per heavy atom. The predicted octanol–water partition coefficient (Wildman–Crippen LogP) is 5.26. The topological polar surface area (TPSA) is 59.9 Å². The normalized spacial score (nSPS) is 22.5. The number of ether oxygens (including phenoxy) is 2. The summed E-state index contributed by atoms with van der Waals surface area (Å²) in [6.07, 6.45) is 1.36. The molecule has 1 heterocycles. The third-order valence-electron chi connectivity index (χ3n) is 5.85. The van der Waals surface area contributed by atoms with Gasteiger partial charge in [-0.2, -0.15) is 0 Å². The molecule has 0 saturated heterocycles. The average molecular weight is 392 g/mol. The van der Waals surface area contributed by atoms with Gasteiger partial charge < -0.3 is 14.8 Å². The van der Waals surface area contributed by atoms with E-state index in [9.17, 15) is 4.79 Å². The van der Waals surface area contributed by atoms with Gasteiger partial charge in [0, 0.05) is 12.1 Å². The maximum Gasteiger partial charge on any atom is 0.161 e. The summed E-state index contributed by atoms with van der Waals surface area (Å²) in [6.45, 7) is 6.35. The second-order valence-electron chi connectivity index (χ2n) is 8.82. The number of aliphatic imine (C=N–C) groups is 1. The van der Waals surface area contributed by atoms with Crippen LogP contribution in [0, 0.1) is 18.3 Å². The number of rotatable bonds is 3. The fourth-order valence-corrected chi connectivity index (χ4v) is 4.51. The summed E-state index contributed by atoms with van der Waals surface area (Å²) in [4.78, 5) is 18.3. The van der Waals surface area contributed by atoms with Crippen LogP contribution >= 0.6 is 0 Å². The number of benzene rings is 2. The summed E-state index contributed by atoms with van der Waals surface area (Å²) in [5.41, 5.74) is 4.87. The smallest absolute Gasteiger partial charge is 0.161 e. The molecule has 0 bridgehead atoms. The molecule has 4 rings (SSSR count). The minimum absolute atomic E-state index is 0.0796. The van der Waals surface area contributed by atoms with Crippen molar-refractivity contribution in [1.29, 1.82) is 0 Å². The van der Waals surface area contributed by atoms with Crippen molar-refractivity contribution >= 4 is 22.9 Å². The molecule has 0 amide bonds. The van der Waals surface area contributed by atoms with E-state index in [0.717, 1.165) is 34.6 Å². The number of nitrogens with one attached hydrogen (secondary N) is 1. The van der Waals surface area contributed by atoms with Crippen molar-refractivity contribution in [3.05, 3.63) is 47.5 Å². The van der Waals surface area contributed by atoms with Gasteiger partial charge in [-0.15, -0.1) is 0 Å². The largest absolute Gasteiger partial charge is 0.493 e. The number of aryl methyl sites for hydroxylation is 1. The molecule has 1 aliphatic carbocycles. The Morgan fingerprint density at radius 1 is 1.03 bits per heavy atom. The van der Waals surface area contributed by atoms with Crippen molar-refractivity contribution in [3.8, 4) is 11.5 Å². The Balaban J connectivity index is 1.87. The summed E-state index contributed by atoms with van der Waals surface area (Å²) in [7, 11) is 3.25. The number of fused-ring (bicyclic) bond motifs is 2. The average Bonchev–Trinajstić information content (AvgIpc) is 2.82. The Hall–Kier alpha value is -2.82. The number of hydrogen-bond donors (Lipinski definition) is 1. The van der Waals surface area contributed by atoms with Gasteiger partial charge in [-0.3, -0.25) is 9.79 Å². The first-order chi connectivity index (χ1) is 13.8. The first kappa shape index (κ1) is 19.5. The van der Waals surface area contributed by atoms with Crippen LogP contribution in [-0.2, 0) is 4.79 Å². The zero-order valence-corrected chi connectivity index (χ0v) is 17.7. The lowest BCUT2D eigenvalue weighted by atomic mass is 9.68. The molecular formula is C24H28N2O3. The van der Waals surface area contributed by atoms with Gasteiger partial charge in [-0.25, -0.2) is 0 Å². The lowest BCUT2D eigenvalue weighted by molar-refractivity contribution is -0.124. The Kier molecular flexibility index (Phi) is 4.85. The van der Waals surface area contributed by atoms with E-state index in [-0.39, 0.29) is 23.2 Å². The fourth-order valence-electron chi connectivity index (χ4n) is 4.51. The lowest BCUT2D eigenvalue weighted by Crippen LogP contribution is -2.42. The highest BCUT2D eigenvalue weighted by Gasteiger charge is 2.44. The Labute approximate surface area is 172 Å². The highest BCUT2D eigenvalue weighted by atomic mass is 16.5. The Bertz CT molecular complexity index is 994. The van der Waals surface area contributed by atoms with E-state index in [1.165, 1.54) is 0 Å². The molecule has 1 fully saturated rings. The molecule has 5 heteroatoms. The maximum atomic E-state index is 13.3. The maximum absolute atomic E-state index is 13.3. The van der Waals surface area contributed by atoms with Crippen LogP contribution in [-0.4, -0.2) is 25.7 Å². The quantitative estimate of drug-likeness (QED) is 0.774. The first-order valence-electron chi connectivity index (χ1n) is 10.0. The molecule has 152 valence electrons. The standard InChI is InChI=1S/C24H28N2O3/c1-14-6-8-16-17(10-14)26-23(15-7-9-20(28-4)21(11-15)29-5)22-18(25-16)12-24(2,3)13-19(22)27/h6-11,22-23,26H,12-13H2,1-5H3/t22-,23+/m1/s1. The summed E-state index contributed by atoms with van der Waals surface area (Å²) >= 11 is 0. The van der Waals surface area contributed by atoms with Crippen molar-refractivity contribution < 1.29 is 14.3 Å². The van der Waals surface area contributed by atoms with E-state index < -0.39 is 0 Å². The van der Waals surface area contributed by atoms with Crippen LogP contribution in [0.2, 0.25) is 0 Å². The molecule has 1 N–H and O–H groups in total. The number of nitrogens with zero attached hydrogens (tertiary/aromatic N) is 1. The number of hydrogen-bond acceptors (Lipinski definition) is 5. The van der Waals surface area contributed by atoms with Crippen LogP contribution in [0.15, 0.2) is 41.4 Å². The molecule has 2 aliphatic rings. The van der Waals surface area contributed by atoms with E-state index in [4.69, 9.17) is 14.5 Å². The molecule has 2 atom stereocenters. The molecule has 0 radical (unpaired) electrons. The molecule has 0 spiro atoms. The molecule has 1 aliphatic heterocycles. The van der Waals surface area contributed by atoms with Gasteiger partial charge in [0.25, 0.3) is 0 Å². The SMILES string of the molecule is COc1ccc([C@@H]2Nc3cc(C)ccc3N=C3CC(C)(C)CC(=O)[C@@H]32)cc1OC. The van der Waals surface area contributed by atoms with Crippen LogP contribution in [0.4, 0.5) is 11.4 Å². The molecule has 1 saturated carbocycles. The minimum Gasteiger partial charge on any atom is -0.493 e. The number of carbonyl (C=O) groups is 1. The van der Waals surface area contributed by atoms with Crippen LogP contribution in [0.25, 0.3) is 0 Å². The van der Waals surface area contributed by atoms with Gasteiger partial charge in [-0.05, 0) is 54.2 Å². The third kappa shape index (κ3) is 3.61. The third-order valence-corrected chi connectivity index (χ3v) is 5.85. The van der Waals surface area contributed by atoms with Crippen molar-refractivity contribution in [2.24, 2.45) is 16.3 Å². The first-order valence-corrected chi connectivity index (χ1v) is 10.0. The molecular weight excluding hydrogens is 364 g/mol. The van der Waals surface area contributed by atoms with E-state index in [1.807, 2.05) is 24.3 Å². The van der Waals surface area contributed by atoms with E-state index in [1.54, 1.807) is 14.2 Å². The number of anilines is 1. The molecule has 29 heavy (non-hydrogen) atoms. The Morgan fingerprint density at radius 3 is 2.52 bits per heavy atom. The lowest BCUT2D eigenvalue weighted by Gasteiger charge is -2.37. The summed E-state index contributed by atoms with van der Waals surface area (Å²) in [5, 5.41) is 3.63. The van der Waals surface area contributed by atoms with Gasteiger partial charge in [0.15, 0.2) is 11.5 Å². The van der Waals surface area contributed by atoms with Crippen LogP contribution in [0.1, 0.15) is 43.9 Å². The number of ketones is 1. The monoisotopic (exact) mass is 392 g/mol. The molecule has 0 unspecified atom stereocenters. The number of methoxy groups -OCH3 is 2. The fraction of sp³-hybridized carbons (Fsp3) is 0.417. The van der Waals surface area contributed by atoms with Crippen molar-refractivity contribution in [3.63, 3.8) is 0 Å². The van der Waals surface area contributed by atoms with E-state index in [0.29, 0.717) is 17.9 Å². The summed E-state index contributed by atoms with van der Waals surface area (Å²) < 4.78 is 10.9. The van der Waals surface area contributed by atoms with Gasteiger partial charge >= 0.3 is 0 Å². The van der Waals surface area contributed by atoms with Crippen molar-refractivity contribution in [2.45, 2.75) is 39.7 Å². The number of carbonyl (C=O) groups excluding carboxylic acids is 1. The van der Waals surface area contributed by atoms with E-state index in [2.05, 4.69) is 38.2 Å². The predicted molar refractivity (Wildman–Crippen MR) is 116 cm³/mol. The second-order valence-corrected chi connectivity index (χ2v) is 8.82. The van der Waals surface area contributed by atoms with Crippen molar-refractivity contribution in [1.82, 2.24) is 0 Å². The zero-order chi connectivity index (χ0) is 20.8. The van der Waals surface area contributed by atoms with Gasteiger partial charge in [-0.1, -0.05) is 26.0 Å². The van der Waals surface area contributed by atoms with Gasteiger partial charge in [0.1, 0.15) is 5.78 Å². The molecule has 5 nitrogen and oxygen atoms in total. The van der Waals surface area contributed by atoms with E-state index >= 15 is 0 Å². The highest BCUT2D eigenvalue weighted by Crippen LogP contribution is 2.46. The summed E-state index contributed by atoms with van der Waals surface area (Å²) in [5.74, 6) is 1.26. The second kappa shape index (κ2) is 7.21. The molecule has 0 aromatic heterocycles. The van der Waals surface area contributed by atoms with Crippen molar-refractivity contribution in [2.75, 3.05) is 19.5 Å².